The highest BCUT2D eigenvalue weighted by atomic mass is 32.1. The molecule has 0 spiro atoms. The number of thiol groups is 1. The largest absolute Gasteiger partial charge is 0.481 e. The van der Waals surface area contributed by atoms with Crippen molar-refractivity contribution in [1.29, 1.82) is 0 Å². The molecule has 2 unspecified atom stereocenters. The highest BCUT2D eigenvalue weighted by molar-refractivity contribution is 7.80. The molecule has 6 heteroatoms. The van der Waals surface area contributed by atoms with Crippen LogP contribution in [0.4, 0.5) is 0 Å². The molecular formula is C12H15NO3S2. The Kier molecular flexibility index (Phi) is 4.29. The second kappa shape index (κ2) is 5.75. The molecule has 2 rings (SSSR count). The number of thiophene rings is 1. The molecule has 0 bridgehead atoms. The van der Waals surface area contributed by atoms with Crippen LogP contribution in [0.3, 0.4) is 0 Å². The molecule has 0 aromatic carbocycles. The molecule has 1 saturated heterocycles. The quantitative estimate of drug-likeness (QED) is 0.814. The fraction of sp³-hybridized carbons (Fsp3) is 0.500. The number of nitrogens with zero attached hydrogens (tertiary/aromatic N) is 1. The first kappa shape index (κ1) is 13.4. The molecule has 1 N–H and O–H groups in total. The molecule has 98 valence electrons. The number of carboxylic acid groups (broad SMARTS) is 1. The first-order valence-corrected chi connectivity index (χ1v) is 7.28. The lowest BCUT2D eigenvalue weighted by Gasteiger charge is -2.26. The lowest BCUT2D eigenvalue weighted by Crippen LogP contribution is -2.31. The average molecular weight is 285 g/mol. The van der Waals surface area contributed by atoms with Crippen molar-refractivity contribution in [2.45, 2.75) is 18.9 Å². The first-order chi connectivity index (χ1) is 8.61. The predicted molar refractivity (Wildman–Crippen MR) is 73.0 cm³/mol. The van der Waals surface area contributed by atoms with Crippen LogP contribution in [-0.2, 0) is 9.59 Å². The molecule has 0 aliphatic carbocycles. The second-order valence-corrected chi connectivity index (χ2v) is 5.77. The Hall–Kier alpha value is -1.01. The Balaban J connectivity index is 2.19. The van der Waals surface area contributed by atoms with E-state index in [-0.39, 0.29) is 24.3 Å². The third-order valence-corrected chi connectivity index (χ3v) is 4.60. The molecule has 1 aromatic rings. The molecule has 18 heavy (non-hydrogen) atoms. The zero-order valence-corrected chi connectivity index (χ0v) is 11.5. The van der Waals surface area contributed by atoms with Gasteiger partial charge in [0.05, 0.1) is 12.5 Å². The summed E-state index contributed by atoms with van der Waals surface area (Å²) in [7, 11) is 0. The van der Waals surface area contributed by atoms with Crippen LogP contribution in [0.15, 0.2) is 17.5 Å². The van der Waals surface area contributed by atoms with E-state index in [1.54, 1.807) is 4.90 Å². The van der Waals surface area contributed by atoms with E-state index in [2.05, 4.69) is 12.6 Å². The number of carbonyl (C=O) groups excluding carboxylic acids is 1. The zero-order chi connectivity index (χ0) is 13.1. The van der Waals surface area contributed by atoms with Gasteiger partial charge in [-0.1, -0.05) is 6.07 Å². The van der Waals surface area contributed by atoms with Crippen LogP contribution in [0.25, 0.3) is 0 Å². The Morgan fingerprint density at radius 2 is 2.44 bits per heavy atom. The molecule has 1 amide bonds. The summed E-state index contributed by atoms with van der Waals surface area (Å²) >= 11 is 5.71. The summed E-state index contributed by atoms with van der Waals surface area (Å²) in [5.74, 6) is 0.0493. The van der Waals surface area contributed by atoms with E-state index in [9.17, 15) is 9.59 Å². The predicted octanol–water partition coefficient (Wildman–Crippen LogP) is 2.04. The summed E-state index contributed by atoms with van der Waals surface area (Å²) < 4.78 is 0. The fourth-order valence-corrected chi connectivity index (χ4v) is 3.33. The first-order valence-electron chi connectivity index (χ1n) is 5.77. The third kappa shape index (κ3) is 2.87. The number of likely N-dealkylation sites (tertiary alicyclic amines) is 1. The van der Waals surface area contributed by atoms with Gasteiger partial charge in [-0.15, -0.1) is 11.3 Å². The highest BCUT2D eigenvalue weighted by Gasteiger charge is 2.35. The summed E-state index contributed by atoms with van der Waals surface area (Å²) in [4.78, 5) is 25.6. The molecule has 2 heterocycles. The van der Waals surface area contributed by atoms with E-state index in [1.165, 1.54) is 11.3 Å². The van der Waals surface area contributed by atoms with Crippen LogP contribution in [0, 0.1) is 5.92 Å². The molecule has 2 atom stereocenters. The Morgan fingerprint density at radius 3 is 2.94 bits per heavy atom. The SMILES string of the molecule is O=C(O)CC(c1cccs1)N1CC(CS)CC1=O. The smallest absolute Gasteiger partial charge is 0.305 e. The van der Waals surface area contributed by atoms with Crippen molar-refractivity contribution in [1.82, 2.24) is 4.90 Å². The summed E-state index contributed by atoms with van der Waals surface area (Å²) in [6, 6.07) is 3.44. The van der Waals surface area contributed by atoms with E-state index in [0.29, 0.717) is 18.7 Å². The van der Waals surface area contributed by atoms with Gasteiger partial charge in [0, 0.05) is 17.8 Å². The molecule has 1 aromatic heterocycles. The normalized spacial score (nSPS) is 21.3. The number of hydrogen-bond acceptors (Lipinski definition) is 4. The maximum absolute atomic E-state index is 12.0. The van der Waals surface area contributed by atoms with Crippen molar-refractivity contribution in [3.05, 3.63) is 22.4 Å². The Morgan fingerprint density at radius 1 is 1.67 bits per heavy atom. The molecule has 1 aliphatic rings. The van der Waals surface area contributed by atoms with Crippen molar-refractivity contribution >= 4 is 35.8 Å². The number of amides is 1. The number of aliphatic carboxylic acids is 1. The second-order valence-electron chi connectivity index (χ2n) is 4.43. The van der Waals surface area contributed by atoms with Crippen molar-refractivity contribution in [2.75, 3.05) is 12.3 Å². The van der Waals surface area contributed by atoms with Crippen LogP contribution in [0.1, 0.15) is 23.8 Å². The topological polar surface area (TPSA) is 57.6 Å². The maximum atomic E-state index is 12.0. The van der Waals surface area contributed by atoms with E-state index in [1.807, 2.05) is 17.5 Å². The van der Waals surface area contributed by atoms with Gasteiger partial charge in [-0.3, -0.25) is 9.59 Å². The maximum Gasteiger partial charge on any atom is 0.305 e. The van der Waals surface area contributed by atoms with Crippen LogP contribution >= 0.6 is 24.0 Å². The molecule has 0 radical (unpaired) electrons. The highest BCUT2D eigenvalue weighted by Crippen LogP contribution is 2.33. The molecule has 1 aliphatic heterocycles. The van der Waals surface area contributed by atoms with Gasteiger partial charge in [-0.05, 0) is 23.1 Å². The van der Waals surface area contributed by atoms with Gasteiger partial charge in [-0.25, -0.2) is 0 Å². The van der Waals surface area contributed by atoms with Gasteiger partial charge in [0.15, 0.2) is 0 Å². The van der Waals surface area contributed by atoms with E-state index >= 15 is 0 Å². The minimum atomic E-state index is -0.879. The van der Waals surface area contributed by atoms with Gasteiger partial charge in [-0.2, -0.15) is 12.6 Å². The third-order valence-electron chi connectivity index (χ3n) is 3.11. The Bertz CT molecular complexity index is 433. The van der Waals surface area contributed by atoms with Crippen molar-refractivity contribution in [3.8, 4) is 0 Å². The zero-order valence-electron chi connectivity index (χ0n) is 9.78. The fourth-order valence-electron chi connectivity index (χ4n) is 2.24. The van der Waals surface area contributed by atoms with Gasteiger partial charge in [0.25, 0.3) is 0 Å². The standard InChI is InChI=1S/C12H15NO3S2/c14-11-4-8(7-17)6-13(11)9(5-12(15)16)10-2-1-3-18-10/h1-3,8-9,17H,4-7H2,(H,15,16). The summed E-state index contributed by atoms with van der Waals surface area (Å²) in [6.07, 6.45) is 0.441. The van der Waals surface area contributed by atoms with Gasteiger partial charge < -0.3 is 10.0 Å². The molecule has 1 fully saturated rings. The van der Waals surface area contributed by atoms with Crippen LogP contribution in [0.5, 0.6) is 0 Å². The minimum absolute atomic E-state index is 0.0358. The van der Waals surface area contributed by atoms with E-state index < -0.39 is 5.97 Å². The molecular weight excluding hydrogens is 270 g/mol. The van der Waals surface area contributed by atoms with Crippen LogP contribution < -0.4 is 0 Å². The summed E-state index contributed by atoms with van der Waals surface area (Å²) in [5, 5.41) is 10.9. The lowest BCUT2D eigenvalue weighted by atomic mass is 10.1. The number of hydrogen-bond donors (Lipinski definition) is 2. The van der Waals surface area contributed by atoms with Crippen LogP contribution in [-0.4, -0.2) is 34.2 Å². The number of carbonyl (C=O) groups is 2. The van der Waals surface area contributed by atoms with Crippen molar-refractivity contribution < 1.29 is 14.7 Å². The van der Waals surface area contributed by atoms with Crippen molar-refractivity contribution in [2.24, 2.45) is 5.92 Å². The van der Waals surface area contributed by atoms with Crippen molar-refractivity contribution in [3.63, 3.8) is 0 Å². The number of carboxylic acids is 1. The van der Waals surface area contributed by atoms with Gasteiger partial charge >= 0.3 is 5.97 Å². The minimum Gasteiger partial charge on any atom is -0.481 e. The average Bonchev–Trinajstić information content (AvgIpc) is 2.95. The van der Waals surface area contributed by atoms with Gasteiger partial charge in [0.2, 0.25) is 5.91 Å². The van der Waals surface area contributed by atoms with Crippen LogP contribution in [0.2, 0.25) is 0 Å². The monoisotopic (exact) mass is 285 g/mol. The van der Waals surface area contributed by atoms with E-state index in [4.69, 9.17) is 5.11 Å². The lowest BCUT2D eigenvalue weighted by molar-refractivity contribution is -0.139. The molecule has 0 saturated carbocycles. The van der Waals surface area contributed by atoms with Gasteiger partial charge in [0.1, 0.15) is 0 Å². The summed E-state index contributed by atoms with van der Waals surface area (Å²) in [6.45, 7) is 0.609. The van der Waals surface area contributed by atoms with E-state index in [0.717, 1.165) is 4.88 Å². The molecule has 4 nitrogen and oxygen atoms in total. The Labute approximate surface area is 115 Å². The summed E-state index contributed by atoms with van der Waals surface area (Å²) in [5.41, 5.74) is 0. The number of rotatable bonds is 5.